The molecule has 15 heavy (non-hydrogen) atoms. The standard InChI is InChI=1S/C13H19NS/c14-13(4-3-12-2-1-5-15-12)11-7-9-6-10(9)8-11/h1-2,5,9-11,13H,3-4,6-8,14H2. The van der Waals surface area contributed by atoms with E-state index < -0.39 is 0 Å². The van der Waals surface area contributed by atoms with E-state index >= 15 is 0 Å². The van der Waals surface area contributed by atoms with E-state index in [9.17, 15) is 0 Å². The minimum absolute atomic E-state index is 0.458. The molecular weight excluding hydrogens is 202 g/mol. The lowest BCUT2D eigenvalue weighted by Gasteiger charge is -2.20. The monoisotopic (exact) mass is 221 g/mol. The molecule has 0 bridgehead atoms. The maximum Gasteiger partial charge on any atom is 0.00708 e. The zero-order valence-corrected chi connectivity index (χ0v) is 9.88. The van der Waals surface area contributed by atoms with Gasteiger partial charge >= 0.3 is 0 Å². The van der Waals surface area contributed by atoms with E-state index in [1.807, 2.05) is 11.3 Å². The molecule has 0 aliphatic heterocycles. The van der Waals surface area contributed by atoms with Crippen molar-refractivity contribution in [2.75, 3.05) is 0 Å². The molecule has 2 fully saturated rings. The van der Waals surface area contributed by atoms with Crippen LogP contribution in [0, 0.1) is 17.8 Å². The van der Waals surface area contributed by atoms with Gasteiger partial charge in [-0.2, -0.15) is 0 Å². The van der Waals surface area contributed by atoms with Gasteiger partial charge in [0.05, 0.1) is 0 Å². The molecule has 0 radical (unpaired) electrons. The lowest BCUT2D eigenvalue weighted by Crippen LogP contribution is -2.29. The number of rotatable bonds is 4. The first-order valence-corrected chi connectivity index (χ1v) is 6.99. The molecule has 2 aliphatic carbocycles. The summed E-state index contributed by atoms with van der Waals surface area (Å²) in [6.07, 6.45) is 6.73. The molecule has 0 amide bonds. The summed E-state index contributed by atoms with van der Waals surface area (Å²) in [5.41, 5.74) is 6.28. The fourth-order valence-corrected chi connectivity index (χ4v) is 3.84. The highest BCUT2D eigenvalue weighted by molar-refractivity contribution is 7.09. The molecule has 2 saturated carbocycles. The van der Waals surface area contributed by atoms with Crippen molar-refractivity contribution < 1.29 is 0 Å². The second kappa shape index (κ2) is 3.91. The van der Waals surface area contributed by atoms with Crippen LogP contribution in [-0.2, 0) is 6.42 Å². The summed E-state index contributed by atoms with van der Waals surface area (Å²) in [7, 11) is 0. The van der Waals surface area contributed by atoms with Crippen molar-refractivity contribution in [1.82, 2.24) is 0 Å². The van der Waals surface area contributed by atoms with Crippen molar-refractivity contribution in [2.24, 2.45) is 23.5 Å². The first-order valence-electron chi connectivity index (χ1n) is 6.11. The molecule has 1 aromatic rings. The first kappa shape index (κ1) is 9.86. The fourth-order valence-electron chi connectivity index (χ4n) is 3.11. The summed E-state index contributed by atoms with van der Waals surface area (Å²) in [6.45, 7) is 0. The normalized spacial score (nSPS) is 35.1. The third-order valence-corrected chi connectivity index (χ3v) is 5.13. The summed E-state index contributed by atoms with van der Waals surface area (Å²) >= 11 is 1.86. The highest BCUT2D eigenvalue weighted by atomic mass is 32.1. The van der Waals surface area contributed by atoms with Crippen LogP contribution in [0.3, 0.4) is 0 Å². The van der Waals surface area contributed by atoms with E-state index in [-0.39, 0.29) is 0 Å². The van der Waals surface area contributed by atoms with Gasteiger partial charge in [-0.25, -0.2) is 0 Å². The Bertz CT molecular complexity index is 309. The van der Waals surface area contributed by atoms with Gasteiger partial charge in [0.15, 0.2) is 0 Å². The van der Waals surface area contributed by atoms with Gasteiger partial charge < -0.3 is 5.73 Å². The molecule has 0 spiro atoms. The molecular formula is C13H19NS. The van der Waals surface area contributed by atoms with Gasteiger partial charge in [-0.05, 0) is 61.3 Å². The minimum Gasteiger partial charge on any atom is -0.327 e. The lowest BCUT2D eigenvalue weighted by atomic mass is 9.92. The van der Waals surface area contributed by atoms with Crippen molar-refractivity contribution in [3.05, 3.63) is 22.4 Å². The van der Waals surface area contributed by atoms with Crippen molar-refractivity contribution >= 4 is 11.3 Å². The summed E-state index contributed by atoms with van der Waals surface area (Å²) < 4.78 is 0. The molecule has 2 heteroatoms. The first-order chi connectivity index (χ1) is 7.33. The Labute approximate surface area is 95.7 Å². The molecule has 3 atom stereocenters. The second-order valence-corrected chi connectivity index (χ2v) is 6.30. The van der Waals surface area contributed by atoms with E-state index in [1.165, 1.54) is 37.0 Å². The molecule has 2 aliphatic rings. The number of thiophene rings is 1. The van der Waals surface area contributed by atoms with Crippen molar-refractivity contribution in [3.8, 4) is 0 Å². The second-order valence-electron chi connectivity index (χ2n) is 5.27. The van der Waals surface area contributed by atoms with Crippen molar-refractivity contribution in [2.45, 2.75) is 38.1 Å². The average Bonchev–Trinajstić information content (AvgIpc) is 2.75. The number of hydrogen-bond donors (Lipinski definition) is 1. The van der Waals surface area contributed by atoms with Crippen LogP contribution in [-0.4, -0.2) is 6.04 Å². The third kappa shape index (κ3) is 2.11. The predicted molar refractivity (Wildman–Crippen MR) is 64.9 cm³/mol. The Kier molecular flexibility index (Phi) is 2.57. The van der Waals surface area contributed by atoms with Crippen LogP contribution in [0.1, 0.15) is 30.6 Å². The summed E-state index contributed by atoms with van der Waals surface area (Å²) in [5.74, 6) is 2.99. The topological polar surface area (TPSA) is 26.0 Å². The molecule has 0 saturated heterocycles. The quantitative estimate of drug-likeness (QED) is 0.831. The highest BCUT2D eigenvalue weighted by Crippen LogP contribution is 2.55. The van der Waals surface area contributed by atoms with Gasteiger partial charge in [0.25, 0.3) is 0 Å². The molecule has 1 aromatic heterocycles. The molecule has 1 nitrogen and oxygen atoms in total. The van der Waals surface area contributed by atoms with Crippen LogP contribution in [0.25, 0.3) is 0 Å². The van der Waals surface area contributed by atoms with Crippen molar-refractivity contribution in [1.29, 1.82) is 0 Å². The van der Waals surface area contributed by atoms with Crippen LogP contribution < -0.4 is 5.73 Å². The van der Waals surface area contributed by atoms with Gasteiger partial charge in [0.2, 0.25) is 0 Å². The lowest BCUT2D eigenvalue weighted by molar-refractivity contribution is 0.378. The maximum absolute atomic E-state index is 6.28. The largest absolute Gasteiger partial charge is 0.327 e. The van der Waals surface area contributed by atoms with E-state index in [0.29, 0.717) is 6.04 Å². The molecule has 3 rings (SSSR count). The Balaban J connectivity index is 1.47. The van der Waals surface area contributed by atoms with Gasteiger partial charge in [-0.1, -0.05) is 6.07 Å². The van der Waals surface area contributed by atoms with Gasteiger partial charge in [-0.3, -0.25) is 0 Å². The van der Waals surface area contributed by atoms with Crippen LogP contribution in [0.4, 0.5) is 0 Å². The SMILES string of the molecule is NC(CCc1cccs1)C1CC2CC2C1. The summed E-state index contributed by atoms with van der Waals surface area (Å²) in [4.78, 5) is 1.49. The molecule has 82 valence electrons. The van der Waals surface area contributed by atoms with E-state index in [1.54, 1.807) is 0 Å². The minimum atomic E-state index is 0.458. The zero-order chi connectivity index (χ0) is 10.3. The molecule has 2 N–H and O–H groups in total. The third-order valence-electron chi connectivity index (χ3n) is 4.19. The number of aryl methyl sites for hydroxylation is 1. The van der Waals surface area contributed by atoms with Gasteiger partial charge in [-0.15, -0.1) is 11.3 Å². The Morgan fingerprint density at radius 1 is 1.33 bits per heavy atom. The van der Waals surface area contributed by atoms with Gasteiger partial charge in [0, 0.05) is 10.9 Å². The van der Waals surface area contributed by atoms with Crippen LogP contribution in [0.2, 0.25) is 0 Å². The van der Waals surface area contributed by atoms with Gasteiger partial charge in [0.1, 0.15) is 0 Å². The average molecular weight is 221 g/mol. The highest BCUT2D eigenvalue weighted by Gasteiger charge is 2.46. The summed E-state index contributed by atoms with van der Waals surface area (Å²) in [5, 5.41) is 2.16. The Morgan fingerprint density at radius 2 is 2.13 bits per heavy atom. The fraction of sp³-hybridized carbons (Fsp3) is 0.692. The van der Waals surface area contributed by atoms with Crippen LogP contribution >= 0.6 is 11.3 Å². The number of fused-ring (bicyclic) bond motifs is 1. The van der Waals surface area contributed by atoms with E-state index in [2.05, 4.69) is 17.5 Å². The molecule has 0 aromatic carbocycles. The van der Waals surface area contributed by atoms with E-state index in [0.717, 1.165) is 17.8 Å². The predicted octanol–water partition coefficient (Wildman–Crippen LogP) is 3.05. The maximum atomic E-state index is 6.28. The number of hydrogen-bond acceptors (Lipinski definition) is 2. The number of nitrogens with two attached hydrogens (primary N) is 1. The smallest absolute Gasteiger partial charge is 0.00708 e. The summed E-state index contributed by atoms with van der Waals surface area (Å²) in [6, 6.07) is 4.82. The Morgan fingerprint density at radius 3 is 2.80 bits per heavy atom. The molecule has 3 unspecified atom stereocenters. The van der Waals surface area contributed by atoms with Crippen LogP contribution in [0.15, 0.2) is 17.5 Å². The van der Waals surface area contributed by atoms with Crippen molar-refractivity contribution in [3.63, 3.8) is 0 Å². The Hall–Kier alpha value is -0.340. The van der Waals surface area contributed by atoms with E-state index in [4.69, 9.17) is 5.73 Å². The molecule has 1 heterocycles. The van der Waals surface area contributed by atoms with Crippen LogP contribution in [0.5, 0.6) is 0 Å². The zero-order valence-electron chi connectivity index (χ0n) is 9.06.